The quantitative estimate of drug-likeness (QED) is 0.810. The Balaban J connectivity index is 2.74. The van der Waals surface area contributed by atoms with Gasteiger partial charge in [0.05, 0.1) is 6.61 Å². The summed E-state index contributed by atoms with van der Waals surface area (Å²) in [4.78, 5) is 1.40. The van der Waals surface area contributed by atoms with E-state index in [9.17, 15) is 13.2 Å². The van der Waals surface area contributed by atoms with E-state index in [1.165, 1.54) is 4.90 Å². The second-order valence-corrected chi connectivity index (χ2v) is 4.06. The molecular weight excluding hydrogens is 221 g/mol. The molecule has 6 heteroatoms. The number of rotatable bonds is 3. The molecule has 2 unspecified atom stereocenters. The topological polar surface area (TPSA) is 38.5 Å². The maximum absolute atomic E-state index is 12.9. The van der Waals surface area contributed by atoms with Crippen molar-refractivity contribution in [3.05, 3.63) is 0 Å². The first kappa shape index (κ1) is 13.7. The molecule has 0 amide bonds. The van der Waals surface area contributed by atoms with Crippen molar-refractivity contribution in [1.82, 2.24) is 4.90 Å². The number of ether oxygens (including phenoxy) is 1. The fourth-order valence-corrected chi connectivity index (χ4v) is 1.99. The lowest BCUT2D eigenvalue weighted by molar-refractivity contribution is -0.189. The maximum Gasteiger partial charge on any atom is 0.405 e. The number of hydrogen-bond acceptors (Lipinski definition) is 3. The fraction of sp³-hybridized carbons (Fsp3) is 1.00. The lowest BCUT2D eigenvalue weighted by Gasteiger charge is -2.35. The van der Waals surface area contributed by atoms with Crippen LogP contribution in [0.25, 0.3) is 0 Å². The van der Waals surface area contributed by atoms with E-state index in [1.54, 1.807) is 6.92 Å². The average Bonchev–Trinajstić information content (AvgIpc) is 2.44. The highest BCUT2D eigenvalue weighted by atomic mass is 19.4. The van der Waals surface area contributed by atoms with E-state index in [4.69, 9.17) is 10.5 Å². The molecule has 0 radical (unpaired) electrons. The first-order valence-corrected chi connectivity index (χ1v) is 5.61. The van der Waals surface area contributed by atoms with Crippen LogP contribution in [0, 0.1) is 0 Å². The Hall–Kier alpha value is -0.330. The standard InChI is InChI=1S/C10H19F3N2O/c1-2-8(14)9(10(11,12)13)15-4-3-6-16-7-5-15/h8-9H,2-7,14H2,1H3. The van der Waals surface area contributed by atoms with E-state index in [0.29, 0.717) is 39.1 Å². The van der Waals surface area contributed by atoms with Gasteiger partial charge in [0.2, 0.25) is 0 Å². The molecule has 0 aromatic heterocycles. The zero-order valence-corrected chi connectivity index (χ0v) is 9.46. The van der Waals surface area contributed by atoms with Crippen LogP contribution < -0.4 is 5.73 Å². The lowest BCUT2D eigenvalue weighted by atomic mass is 10.0. The van der Waals surface area contributed by atoms with Crippen molar-refractivity contribution in [3.8, 4) is 0 Å². The van der Waals surface area contributed by atoms with Crippen LogP contribution in [0.5, 0.6) is 0 Å². The minimum atomic E-state index is -4.26. The Bertz CT molecular complexity index is 203. The Morgan fingerprint density at radius 3 is 2.56 bits per heavy atom. The van der Waals surface area contributed by atoms with Crippen LogP contribution in [0.4, 0.5) is 13.2 Å². The van der Waals surface area contributed by atoms with Crippen LogP contribution in [0.2, 0.25) is 0 Å². The van der Waals surface area contributed by atoms with E-state index in [1.807, 2.05) is 0 Å². The molecular formula is C10H19F3N2O. The highest BCUT2D eigenvalue weighted by Gasteiger charge is 2.46. The summed E-state index contributed by atoms with van der Waals surface area (Å²) in [6.07, 6.45) is -3.32. The Labute approximate surface area is 93.7 Å². The van der Waals surface area contributed by atoms with Gasteiger partial charge in [-0.25, -0.2) is 0 Å². The molecule has 1 aliphatic heterocycles. The van der Waals surface area contributed by atoms with Crippen molar-refractivity contribution in [2.24, 2.45) is 5.73 Å². The monoisotopic (exact) mass is 240 g/mol. The normalized spacial score (nSPS) is 23.8. The largest absolute Gasteiger partial charge is 0.405 e. The van der Waals surface area contributed by atoms with Gasteiger partial charge in [0.1, 0.15) is 6.04 Å². The number of nitrogens with zero attached hydrogens (tertiary/aromatic N) is 1. The number of nitrogens with two attached hydrogens (primary N) is 1. The fourth-order valence-electron chi connectivity index (χ4n) is 1.99. The zero-order valence-electron chi connectivity index (χ0n) is 9.46. The highest BCUT2D eigenvalue weighted by Crippen LogP contribution is 2.28. The molecule has 1 saturated heterocycles. The van der Waals surface area contributed by atoms with Crippen molar-refractivity contribution in [3.63, 3.8) is 0 Å². The average molecular weight is 240 g/mol. The SMILES string of the molecule is CCC(N)C(N1CCCOCC1)C(F)(F)F. The number of alkyl halides is 3. The second kappa shape index (κ2) is 5.84. The third-order valence-electron chi connectivity index (χ3n) is 2.86. The van der Waals surface area contributed by atoms with Crippen LogP contribution >= 0.6 is 0 Å². The number of hydrogen-bond donors (Lipinski definition) is 1. The third kappa shape index (κ3) is 3.61. The summed E-state index contributed by atoms with van der Waals surface area (Å²) in [5.74, 6) is 0. The van der Waals surface area contributed by atoms with E-state index < -0.39 is 18.3 Å². The Morgan fingerprint density at radius 1 is 1.31 bits per heavy atom. The smallest absolute Gasteiger partial charge is 0.380 e. The predicted molar refractivity (Wildman–Crippen MR) is 55.1 cm³/mol. The molecule has 1 heterocycles. The van der Waals surface area contributed by atoms with Crippen LogP contribution in [-0.4, -0.2) is 49.5 Å². The highest BCUT2D eigenvalue weighted by molar-refractivity contribution is 4.88. The molecule has 2 N–H and O–H groups in total. The molecule has 96 valence electrons. The van der Waals surface area contributed by atoms with Crippen molar-refractivity contribution < 1.29 is 17.9 Å². The summed E-state index contributed by atoms with van der Waals surface area (Å²) >= 11 is 0. The van der Waals surface area contributed by atoms with Crippen molar-refractivity contribution >= 4 is 0 Å². The van der Waals surface area contributed by atoms with E-state index >= 15 is 0 Å². The summed E-state index contributed by atoms with van der Waals surface area (Å²) in [5.41, 5.74) is 5.58. The van der Waals surface area contributed by atoms with Gasteiger partial charge in [0, 0.05) is 25.7 Å². The molecule has 1 rings (SSSR count). The first-order chi connectivity index (χ1) is 7.46. The molecule has 0 aromatic rings. The molecule has 0 aliphatic carbocycles. The summed E-state index contributed by atoms with van der Waals surface area (Å²) < 4.78 is 43.9. The van der Waals surface area contributed by atoms with Crippen molar-refractivity contribution in [2.45, 2.75) is 38.0 Å². The van der Waals surface area contributed by atoms with Gasteiger partial charge in [0.15, 0.2) is 0 Å². The van der Waals surface area contributed by atoms with Gasteiger partial charge < -0.3 is 10.5 Å². The van der Waals surface area contributed by atoms with Gasteiger partial charge in [-0.1, -0.05) is 6.92 Å². The molecule has 3 nitrogen and oxygen atoms in total. The van der Waals surface area contributed by atoms with Crippen molar-refractivity contribution in [2.75, 3.05) is 26.3 Å². The second-order valence-electron chi connectivity index (χ2n) is 4.06. The molecule has 0 spiro atoms. The van der Waals surface area contributed by atoms with E-state index in [0.717, 1.165) is 0 Å². The molecule has 0 bridgehead atoms. The van der Waals surface area contributed by atoms with Gasteiger partial charge in [-0.2, -0.15) is 13.2 Å². The lowest BCUT2D eigenvalue weighted by Crippen LogP contribution is -2.56. The van der Waals surface area contributed by atoms with E-state index in [2.05, 4.69) is 0 Å². The third-order valence-corrected chi connectivity index (χ3v) is 2.86. The zero-order chi connectivity index (χ0) is 12.2. The number of halogens is 3. The van der Waals surface area contributed by atoms with Crippen LogP contribution in [0.3, 0.4) is 0 Å². The Morgan fingerprint density at radius 2 is 2.00 bits per heavy atom. The van der Waals surface area contributed by atoms with Gasteiger partial charge in [-0.05, 0) is 12.8 Å². The molecule has 16 heavy (non-hydrogen) atoms. The van der Waals surface area contributed by atoms with Gasteiger partial charge >= 0.3 is 6.18 Å². The predicted octanol–water partition coefficient (Wildman–Crippen LogP) is 1.38. The van der Waals surface area contributed by atoms with E-state index in [-0.39, 0.29) is 0 Å². The maximum atomic E-state index is 12.9. The van der Waals surface area contributed by atoms with Gasteiger partial charge in [0.25, 0.3) is 0 Å². The van der Waals surface area contributed by atoms with Crippen molar-refractivity contribution in [1.29, 1.82) is 0 Å². The summed E-state index contributed by atoms with van der Waals surface area (Å²) in [7, 11) is 0. The molecule has 2 atom stereocenters. The summed E-state index contributed by atoms with van der Waals surface area (Å²) in [6.45, 7) is 3.26. The minimum Gasteiger partial charge on any atom is -0.380 e. The summed E-state index contributed by atoms with van der Waals surface area (Å²) in [5, 5.41) is 0. The summed E-state index contributed by atoms with van der Waals surface area (Å²) in [6, 6.07) is -2.41. The molecule has 1 aliphatic rings. The Kier molecular flexibility index (Phi) is 5.01. The van der Waals surface area contributed by atoms with Crippen LogP contribution in [0.1, 0.15) is 19.8 Å². The first-order valence-electron chi connectivity index (χ1n) is 5.61. The molecule has 1 fully saturated rings. The van der Waals surface area contributed by atoms with Gasteiger partial charge in [-0.3, -0.25) is 4.90 Å². The molecule has 0 aromatic carbocycles. The minimum absolute atomic E-state index is 0.303. The van der Waals surface area contributed by atoms with Gasteiger partial charge in [-0.15, -0.1) is 0 Å². The molecule has 0 saturated carbocycles. The van der Waals surface area contributed by atoms with Crippen LogP contribution in [-0.2, 0) is 4.74 Å². The van der Waals surface area contributed by atoms with Crippen LogP contribution in [0.15, 0.2) is 0 Å².